The van der Waals surface area contributed by atoms with Crippen LogP contribution in [0.25, 0.3) is 11.3 Å². The van der Waals surface area contributed by atoms with Gasteiger partial charge in [0.05, 0.1) is 17.9 Å². The van der Waals surface area contributed by atoms with Crippen molar-refractivity contribution in [2.24, 2.45) is 5.92 Å². The third kappa shape index (κ3) is 3.64. The highest BCUT2D eigenvalue weighted by atomic mass is 19.1. The summed E-state index contributed by atoms with van der Waals surface area (Å²) in [6.07, 6.45) is 2.60. The summed E-state index contributed by atoms with van der Waals surface area (Å²) in [6, 6.07) is 6.35. The molecule has 1 aromatic carbocycles. The fourth-order valence-electron chi connectivity index (χ4n) is 2.99. The second-order valence-electron chi connectivity index (χ2n) is 6.23. The van der Waals surface area contributed by atoms with Gasteiger partial charge in [-0.05, 0) is 25.5 Å². The molecule has 3 rings (SSSR count). The summed E-state index contributed by atoms with van der Waals surface area (Å²) in [5.41, 5.74) is 0.363. The first kappa shape index (κ1) is 16.6. The summed E-state index contributed by atoms with van der Waals surface area (Å²) in [4.78, 5) is 18.1. The topological polar surface area (TPSA) is 66.6 Å². The Balaban J connectivity index is 1.56. The summed E-state index contributed by atoms with van der Waals surface area (Å²) < 4.78 is 19.3. The number of amides is 1. The van der Waals surface area contributed by atoms with Crippen molar-refractivity contribution in [1.29, 1.82) is 0 Å². The largest absolute Gasteiger partial charge is 0.441 e. The average molecular weight is 332 g/mol. The molecule has 6 heteroatoms. The fourth-order valence-corrected chi connectivity index (χ4v) is 2.99. The number of aryl methyl sites for hydroxylation is 1. The Labute approximate surface area is 140 Å². The Bertz CT molecular complexity index is 714. The molecule has 1 aromatic heterocycles. The number of likely N-dealkylation sites (tertiary alicyclic amines) is 1. The predicted molar refractivity (Wildman–Crippen MR) is 86.6 cm³/mol. The lowest BCUT2D eigenvalue weighted by atomic mass is 10.0. The first-order valence-corrected chi connectivity index (χ1v) is 8.20. The van der Waals surface area contributed by atoms with Crippen LogP contribution in [0, 0.1) is 11.7 Å². The number of aliphatic hydroxyl groups excluding tert-OH is 1. The van der Waals surface area contributed by atoms with Gasteiger partial charge in [0.1, 0.15) is 5.82 Å². The van der Waals surface area contributed by atoms with Gasteiger partial charge in [0.25, 0.3) is 0 Å². The normalized spacial score (nSPS) is 18.8. The van der Waals surface area contributed by atoms with E-state index in [0.29, 0.717) is 43.1 Å². The molecule has 0 radical (unpaired) electrons. The predicted octanol–water partition coefficient (Wildman–Crippen LogP) is 2.64. The number of rotatable bonds is 5. The smallest absolute Gasteiger partial charge is 0.223 e. The van der Waals surface area contributed by atoms with Gasteiger partial charge in [-0.2, -0.15) is 0 Å². The Kier molecular flexibility index (Phi) is 4.94. The molecule has 2 unspecified atom stereocenters. The summed E-state index contributed by atoms with van der Waals surface area (Å²) in [6.45, 7) is 3.04. The lowest BCUT2D eigenvalue weighted by Gasteiger charge is -2.17. The van der Waals surface area contributed by atoms with Crippen molar-refractivity contribution in [3.05, 3.63) is 42.2 Å². The highest BCUT2D eigenvalue weighted by Gasteiger charge is 2.28. The van der Waals surface area contributed by atoms with Crippen LogP contribution >= 0.6 is 0 Å². The van der Waals surface area contributed by atoms with E-state index in [1.807, 2.05) is 0 Å². The molecule has 2 atom stereocenters. The Morgan fingerprint density at radius 1 is 1.50 bits per heavy atom. The fraction of sp³-hybridized carbons (Fsp3) is 0.444. The molecule has 128 valence electrons. The van der Waals surface area contributed by atoms with Crippen LogP contribution < -0.4 is 0 Å². The van der Waals surface area contributed by atoms with Crippen LogP contribution in [0.5, 0.6) is 0 Å². The standard InChI is InChI=1S/C18H21FN2O3/c1-12(22)13-8-9-21(11-13)18(23)7-6-17-20-10-16(24-17)14-4-2-3-5-15(14)19/h2-5,10,12-13,22H,6-9,11H2,1H3. The monoisotopic (exact) mass is 332 g/mol. The number of oxazole rings is 1. The van der Waals surface area contributed by atoms with Gasteiger partial charge in [-0.1, -0.05) is 12.1 Å². The van der Waals surface area contributed by atoms with Gasteiger partial charge < -0.3 is 14.4 Å². The third-order valence-electron chi connectivity index (χ3n) is 4.51. The van der Waals surface area contributed by atoms with Crippen LogP contribution in [-0.4, -0.2) is 40.1 Å². The van der Waals surface area contributed by atoms with Crippen LogP contribution in [0.4, 0.5) is 4.39 Å². The van der Waals surface area contributed by atoms with E-state index in [2.05, 4.69) is 4.98 Å². The number of nitrogens with zero attached hydrogens (tertiary/aromatic N) is 2. The number of benzene rings is 1. The summed E-state index contributed by atoms with van der Waals surface area (Å²) >= 11 is 0. The van der Waals surface area contributed by atoms with Gasteiger partial charge >= 0.3 is 0 Å². The minimum atomic E-state index is -0.391. The number of hydrogen-bond donors (Lipinski definition) is 1. The molecular weight excluding hydrogens is 311 g/mol. The molecule has 2 heterocycles. The van der Waals surface area contributed by atoms with E-state index < -0.39 is 6.10 Å². The molecule has 5 nitrogen and oxygen atoms in total. The molecule has 0 saturated carbocycles. The molecular formula is C18H21FN2O3. The van der Waals surface area contributed by atoms with E-state index in [1.165, 1.54) is 12.3 Å². The van der Waals surface area contributed by atoms with E-state index in [-0.39, 0.29) is 17.6 Å². The van der Waals surface area contributed by atoms with Crippen molar-refractivity contribution in [2.75, 3.05) is 13.1 Å². The maximum atomic E-state index is 13.7. The van der Waals surface area contributed by atoms with E-state index in [1.54, 1.807) is 30.0 Å². The molecule has 1 aliphatic heterocycles. The first-order valence-electron chi connectivity index (χ1n) is 8.20. The molecule has 0 bridgehead atoms. The molecule has 1 N–H and O–H groups in total. The van der Waals surface area contributed by atoms with Crippen LogP contribution in [0.3, 0.4) is 0 Å². The Morgan fingerprint density at radius 2 is 2.29 bits per heavy atom. The molecule has 24 heavy (non-hydrogen) atoms. The van der Waals surface area contributed by atoms with Crippen molar-refractivity contribution < 1.29 is 18.7 Å². The molecule has 0 spiro atoms. The SMILES string of the molecule is CC(O)C1CCN(C(=O)CCc2ncc(-c3ccccc3F)o2)C1. The summed E-state index contributed by atoms with van der Waals surface area (Å²) in [5.74, 6) is 0.614. The molecule has 1 amide bonds. The lowest BCUT2D eigenvalue weighted by Crippen LogP contribution is -2.30. The lowest BCUT2D eigenvalue weighted by molar-refractivity contribution is -0.130. The van der Waals surface area contributed by atoms with Crippen molar-refractivity contribution in [2.45, 2.75) is 32.3 Å². The molecule has 1 aliphatic rings. The van der Waals surface area contributed by atoms with Crippen LogP contribution in [0.1, 0.15) is 25.7 Å². The van der Waals surface area contributed by atoms with Gasteiger partial charge in [-0.15, -0.1) is 0 Å². The zero-order chi connectivity index (χ0) is 17.1. The second-order valence-corrected chi connectivity index (χ2v) is 6.23. The van der Waals surface area contributed by atoms with Crippen molar-refractivity contribution in [3.8, 4) is 11.3 Å². The number of aliphatic hydroxyl groups is 1. The quantitative estimate of drug-likeness (QED) is 0.914. The van der Waals surface area contributed by atoms with Crippen molar-refractivity contribution in [3.63, 3.8) is 0 Å². The van der Waals surface area contributed by atoms with Crippen LogP contribution in [0.15, 0.2) is 34.9 Å². The minimum absolute atomic E-state index is 0.0313. The highest BCUT2D eigenvalue weighted by Crippen LogP contribution is 2.24. The summed E-state index contributed by atoms with van der Waals surface area (Å²) in [5, 5.41) is 9.60. The summed E-state index contributed by atoms with van der Waals surface area (Å²) in [7, 11) is 0. The van der Waals surface area contributed by atoms with Gasteiger partial charge in [-0.3, -0.25) is 4.79 Å². The zero-order valence-corrected chi connectivity index (χ0v) is 13.6. The van der Waals surface area contributed by atoms with E-state index in [0.717, 1.165) is 6.42 Å². The Morgan fingerprint density at radius 3 is 3.00 bits per heavy atom. The molecule has 1 saturated heterocycles. The van der Waals surface area contributed by atoms with Crippen LogP contribution in [-0.2, 0) is 11.2 Å². The Hall–Kier alpha value is -2.21. The highest BCUT2D eigenvalue weighted by molar-refractivity contribution is 5.76. The number of halogens is 1. The van der Waals surface area contributed by atoms with E-state index in [9.17, 15) is 14.3 Å². The third-order valence-corrected chi connectivity index (χ3v) is 4.51. The van der Waals surface area contributed by atoms with Gasteiger partial charge in [0, 0.05) is 31.8 Å². The maximum Gasteiger partial charge on any atom is 0.223 e. The maximum absolute atomic E-state index is 13.7. The molecule has 1 fully saturated rings. The van der Waals surface area contributed by atoms with Gasteiger partial charge in [0.2, 0.25) is 5.91 Å². The van der Waals surface area contributed by atoms with Crippen molar-refractivity contribution in [1.82, 2.24) is 9.88 Å². The number of carbonyl (C=O) groups excluding carboxylic acids is 1. The van der Waals surface area contributed by atoms with Crippen LogP contribution in [0.2, 0.25) is 0 Å². The average Bonchev–Trinajstić information content (AvgIpc) is 3.22. The second kappa shape index (κ2) is 7.13. The zero-order valence-electron chi connectivity index (χ0n) is 13.6. The number of hydrogen-bond acceptors (Lipinski definition) is 4. The minimum Gasteiger partial charge on any atom is -0.441 e. The van der Waals surface area contributed by atoms with Crippen molar-refractivity contribution >= 4 is 5.91 Å². The van der Waals surface area contributed by atoms with E-state index in [4.69, 9.17) is 4.42 Å². The van der Waals surface area contributed by atoms with E-state index >= 15 is 0 Å². The van der Waals surface area contributed by atoms with Gasteiger partial charge in [0.15, 0.2) is 11.7 Å². The first-order chi connectivity index (χ1) is 11.5. The van der Waals surface area contributed by atoms with Gasteiger partial charge in [-0.25, -0.2) is 9.37 Å². The molecule has 2 aromatic rings. The molecule has 0 aliphatic carbocycles. The number of aromatic nitrogens is 1. The number of carbonyl (C=O) groups is 1.